The van der Waals surface area contributed by atoms with Gasteiger partial charge in [-0.1, -0.05) is 18.5 Å². The first-order valence-corrected chi connectivity index (χ1v) is 7.55. The molecule has 1 saturated heterocycles. The lowest BCUT2D eigenvalue weighted by Crippen LogP contribution is -2.39. The van der Waals surface area contributed by atoms with Gasteiger partial charge in [-0.2, -0.15) is 0 Å². The smallest absolute Gasteiger partial charge is 0.160 e. The summed E-state index contributed by atoms with van der Waals surface area (Å²) in [7, 11) is 0. The van der Waals surface area contributed by atoms with Crippen LogP contribution >= 0.6 is 11.6 Å². The van der Waals surface area contributed by atoms with E-state index in [2.05, 4.69) is 21.8 Å². The minimum absolute atomic E-state index is 0.0244. The summed E-state index contributed by atoms with van der Waals surface area (Å²) in [5.74, 6) is 0.770. The quantitative estimate of drug-likeness (QED) is 0.798. The first kappa shape index (κ1) is 13.3. The molecule has 1 fully saturated rings. The topological polar surface area (TPSA) is 38.2 Å². The summed E-state index contributed by atoms with van der Waals surface area (Å²) < 4.78 is 5.83. The van der Waals surface area contributed by atoms with E-state index in [-0.39, 0.29) is 6.10 Å². The molecule has 0 saturated carbocycles. The first-order chi connectivity index (χ1) is 9.28. The second-order valence-electron chi connectivity index (χ2n) is 5.31. The Kier molecular flexibility index (Phi) is 4.01. The van der Waals surface area contributed by atoms with Gasteiger partial charge < -0.3 is 4.74 Å². The second-order valence-corrected chi connectivity index (χ2v) is 5.67. The van der Waals surface area contributed by atoms with Crippen molar-refractivity contribution in [2.24, 2.45) is 0 Å². The minimum Gasteiger partial charge on any atom is -0.368 e. The van der Waals surface area contributed by atoms with Crippen molar-refractivity contribution in [1.82, 2.24) is 14.9 Å². The van der Waals surface area contributed by atoms with E-state index in [9.17, 15) is 0 Å². The highest BCUT2D eigenvalue weighted by Crippen LogP contribution is 2.29. The van der Waals surface area contributed by atoms with Crippen molar-refractivity contribution in [3.63, 3.8) is 0 Å². The fourth-order valence-corrected chi connectivity index (χ4v) is 3.22. The molecule has 1 atom stereocenters. The normalized spacial score (nSPS) is 23.6. The third kappa shape index (κ3) is 2.76. The zero-order valence-electron chi connectivity index (χ0n) is 11.4. The molecule has 5 heteroatoms. The number of nitrogens with zero attached hydrogens (tertiary/aromatic N) is 3. The molecule has 1 aliphatic carbocycles. The van der Waals surface area contributed by atoms with Crippen molar-refractivity contribution in [3.05, 3.63) is 22.2 Å². The van der Waals surface area contributed by atoms with Gasteiger partial charge in [-0.25, -0.2) is 9.97 Å². The fourth-order valence-electron chi connectivity index (χ4n) is 2.93. The molecule has 1 aliphatic heterocycles. The number of morpholine rings is 1. The molecule has 1 aromatic rings. The van der Waals surface area contributed by atoms with Crippen LogP contribution in [0.4, 0.5) is 0 Å². The van der Waals surface area contributed by atoms with Gasteiger partial charge in [0.2, 0.25) is 0 Å². The Labute approximate surface area is 119 Å². The van der Waals surface area contributed by atoms with Gasteiger partial charge in [0.1, 0.15) is 11.3 Å². The largest absolute Gasteiger partial charge is 0.368 e. The molecule has 1 unspecified atom stereocenters. The van der Waals surface area contributed by atoms with Gasteiger partial charge in [-0.05, 0) is 32.2 Å². The van der Waals surface area contributed by atoms with Crippen molar-refractivity contribution in [1.29, 1.82) is 0 Å². The summed E-state index contributed by atoms with van der Waals surface area (Å²) in [4.78, 5) is 11.6. The summed E-state index contributed by atoms with van der Waals surface area (Å²) in [5, 5.41) is 0.633. The van der Waals surface area contributed by atoms with Crippen LogP contribution in [-0.4, -0.2) is 41.1 Å². The van der Waals surface area contributed by atoms with Gasteiger partial charge in [0.25, 0.3) is 0 Å². The van der Waals surface area contributed by atoms with Crippen LogP contribution in [-0.2, 0) is 17.6 Å². The van der Waals surface area contributed by atoms with Crippen molar-refractivity contribution < 1.29 is 4.74 Å². The third-order valence-corrected chi connectivity index (χ3v) is 4.19. The molecule has 104 valence electrons. The van der Waals surface area contributed by atoms with Crippen molar-refractivity contribution in [2.45, 2.75) is 38.7 Å². The molecule has 1 aromatic heterocycles. The van der Waals surface area contributed by atoms with E-state index in [1.165, 1.54) is 6.42 Å². The number of fused-ring (bicyclic) bond motifs is 1. The fraction of sp³-hybridized carbons (Fsp3) is 0.714. The van der Waals surface area contributed by atoms with Crippen LogP contribution in [0.3, 0.4) is 0 Å². The number of halogens is 1. The highest BCUT2D eigenvalue weighted by atomic mass is 35.5. The van der Waals surface area contributed by atoms with Crippen molar-refractivity contribution in [3.8, 4) is 0 Å². The number of ether oxygens (including phenoxy) is 1. The Morgan fingerprint density at radius 1 is 1.37 bits per heavy atom. The SMILES string of the molecule is CCCN1CCOC(c2nc(Cl)c3c(n2)CCC3)C1. The minimum atomic E-state index is -0.0244. The molecular weight excluding hydrogens is 262 g/mol. The molecule has 2 heterocycles. The molecule has 19 heavy (non-hydrogen) atoms. The molecule has 0 bridgehead atoms. The van der Waals surface area contributed by atoms with E-state index in [0.29, 0.717) is 5.15 Å². The highest BCUT2D eigenvalue weighted by Gasteiger charge is 2.26. The van der Waals surface area contributed by atoms with Crippen LogP contribution < -0.4 is 0 Å². The summed E-state index contributed by atoms with van der Waals surface area (Å²) in [6.07, 6.45) is 4.32. The summed E-state index contributed by atoms with van der Waals surface area (Å²) in [5.41, 5.74) is 2.28. The zero-order chi connectivity index (χ0) is 13.2. The van der Waals surface area contributed by atoms with E-state index in [1.54, 1.807) is 0 Å². The van der Waals surface area contributed by atoms with Crippen LogP contribution in [0.25, 0.3) is 0 Å². The van der Waals surface area contributed by atoms with Gasteiger partial charge >= 0.3 is 0 Å². The Bertz CT molecular complexity index is 464. The zero-order valence-corrected chi connectivity index (χ0v) is 12.1. The molecule has 0 N–H and O–H groups in total. The van der Waals surface area contributed by atoms with Crippen LogP contribution in [0.5, 0.6) is 0 Å². The summed E-state index contributed by atoms with van der Waals surface area (Å²) in [6, 6.07) is 0. The standard InChI is InChI=1S/C14H20ClN3O/c1-2-6-18-7-8-19-12(9-18)14-16-11-5-3-4-10(11)13(15)17-14/h12H,2-9H2,1H3. The molecular formula is C14H20ClN3O. The van der Waals surface area contributed by atoms with E-state index in [0.717, 1.165) is 62.6 Å². The first-order valence-electron chi connectivity index (χ1n) is 7.17. The average molecular weight is 282 g/mol. The lowest BCUT2D eigenvalue weighted by Gasteiger charge is -2.32. The molecule has 0 radical (unpaired) electrons. The number of rotatable bonds is 3. The second kappa shape index (κ2) is 5.73. The van der Waals surface area contributed by atoms with E-state index < -0.39 is 0 Å². The summed E-state index contributed by atoms with van der Waals surface area (Å²) >= 11 is 6.27. The van der Waals surface area contributed by atoms with Gasteiger partial charge in [0.05, 0.1) is 6.61 Å². The van der Waals surface area contributed by atoms with Crippen LogP contribution in [0.1, 0.15) is 43.0 Å². The lowest BCUT2D eigenvalue weighted by molar-refractivity contribution is -0.0343. The summed E-state index contributed by atoms with van der Waals surface area (Å²) in [6.45, 7) is 5.94. The third-order valence-electron chi connectivity index (χ3n) is 3.88. The Balaban J connectivity index is 1.80. The number of aryl methyl sites for hydroxylation is 1. The maximum atomic E-state index is 6.27. The predicted molar refractivity (Wildman–Crippen MR) is 74.5 cm³/mol. The van der Waals surface area contributed by atoms with Crippen LogP contribution in [0, 0.1) is 0 Å². The molecule has 4 nitrogen and oxygen atoms in total. The maximum Gasteiger partial charge on any atom is 0.160 e. The molecule has 3 rings (SSSR count). The monoisotopic (exact) mass is 281 g/mol. The van der Waals surface area contributed by atoms with Crippen molar-refractivity contribution >= 4 is 11.6 Å². The Hall–Kier alpha value is -0.710. The van der Waals surface area contributed by atoms with E-state index >= 15 is 0 Å². The molecule has 0 spiro atoms. The Morgan fingerprint density at radius 3 is 3.11 bits per heavy atom. The van der Waals surface area contributed by atoms with E-state index in [4.69, 9.17) is 16.3 Å². The van der Waals surface area contributed by atoms with Gasteiger partial charge in [0, 0.05) is 24.3 Å². The van der Waals surface area contributed by atoms with Gasteiger partial charge in [0.15, 0.2) is 5.82 Å². The highest BCUT2D eigenvalue weighted by molar-refractivity contribution is 6.30. The number of aromatic nitrogens is 2. The van der Waals surface area contributed by atoms with Gasteiger partial charge in [-0.3, -0.25) is 4.90 Å². The molecule has 0 amide bonds. The van der Waals surface area contributed by atoms with Crippen molar-refractivity contribution in [2.75, 3.05) is 26.2 Å². The van der Waals surface area contributed by atoms with Crippen LogP contribution in [0.15, 0.2) is 0 Å². The van der Waals surface area contributed by atoms with Gasteiger partial charge in [-0.15, -0.1) is 0 Å². The molecule has 0 aromatic carbocycles. The lowest BCUT2D eigenvalue weighted by atomic mass is 10.2. The maximum absolute atomic E-state index is 6.27. The average Bonchev–Trinajstić information content (AvgIpc) is 2.88. The number of hydrogen-bond acceptors (Lipinski definition) is 4. The molecule has 2 aliphatic rings. The van der Waals surface area contributed by atoms with E-state index in [1.807, 2.05) is 0 Å². The van der Waals surface area contributed by atoms with Crippen LogP contribution in [0.2, 0.25) is 5.15 Å². The number of hydrogen-bond donors (Lipinski definition) is 0. The Morgan fingerprint density at radius 2 is 2.26 bits per heavy atom. The predicted octanol–water partition coefficient (Wildman–Crippen LogP) is 2.40.